The largest absolute Gasteiger partial charge is 0.484 e. The molecule has 2 aromatic rings. The maximum absolute atomic E-state index is 6.11. The molecule has 0 amide bonds. The van der Waals surface area contributed by atoms with Gasteiger partial charge in [-0.15, -0.1) is 10.2 Å². The molecular weight excluding hydrogens is 254 g/mol. The molecule has 0 aliphatic heterocycles. The minimum Gasteiger partial charge on any atom is -0.484 e. The Kier molecular flexibility index (Phi) is 4.11. The number of nitrogens with zero attached hydrogens (tertiary/aromatic N) is 4. The minimum absolute atomic E-state index is 0.231. The van der Waals surface area contributed by atoms with E-state index in [4.69, 9.17) is 22.1 Å². The summed E-state index contributed by atoms with van der Waals surface area (Å²) in [6, 6.07) is 5.60. The van der Waals surface area contributed by atoms with Gasteiger partial charge in [-0.3, -0.25) is 0 Å². The van der Waals surface area contributed by atoms with Gasteiger partial charge < -0.3 is 10.5 Å². The summed E-state index contributed by atoms with van der Waals surface area (Å²) >= 11 is 6.11. The van der Waals surface area contributed by atoms with Crippen LogP contribution in [0.25, 0.3) is 0 Å². The quantitative estimate of drug-likeness (QED) is 0.872. The van der Waals surface area contributed by atoms with Crippen molar-refractivity contribution in [3.05, 3.63) is 34.6 Å². The van der Waals surface area contributed by atoms with Crippen LogP contribution in [-0.4, -0.2) is 26.8 Å². The molecule has 1 heterocycles. The number of hydrogen-bond donors (Lipinski definition) is 1. The molecule has 96 valence electrons. The van der Waals surface area contributed by atoms with E-state index in [1.807, 2.05) is 12.1 Å². The second kappa shape index (κ2) is 5.79. The van der Waals surface area contributed by atoms with Crippen LogP contribution in [0.5, 0.6) is 5.75 Å². The molecule has 0 aliphatic carbocycles. The van der Waals surface area contributed by atoms with Crippen LogP contribution in [0.15, 0.2) is 18.2 Å². The van der Waals surface area contributed by atoms with E-state index in [9.17, 15) is 0 Å². The zero-order valence-corrected chi connectivity index (χ0v) is 10.8. The fraction of sp³-hybridized carbons (Fsp3) is 0.364. The van der Waals surface area contributed by atoms with E-state index < -0.39 is 0 Å². The van der Waals surface area contributed by atoms with Crippen molar-refractivity contribution in [2.24, 2.45) is 12.8 Å². The number of benzene rings is 1. The Morgan fingerprint density at radius 2 is 2.28 bits per heavy atom. The Bertz CT molecular complexity index is 528. The predicted octanol–water partition coefficient (Wildman–Crippen LogP) is 0.944. The van der Waals surface area contributed by atoms with Crippen molar-refractivity contribution in [2.75, 3.05) is 6.54 Å². The van der Waals surface area contributed by atoms with Crippen LogP contribution in [0.3, 0.4) is 0 Å². The molecule has 0 fully saturated rings. The SMILES string of the molecule is Cn1nnc(COc2c(Cl)cccc2CCN)n1. The van der Waals surface area contributed by atoms with Gasteiger partial charge in [0.15, 0.2) is 6.61 Å². The monoisotopic (exact) mass is 267 g/mol. The summed E-state index contributed by atoms with van der Waals surface area (Å²) in [6.07, 6.45) is 0.712. The first-order valence-electron chi connectivity index (χ1n) is 5.54. The van der Waals surface area contributed by atoms with Crippen LogP contribution in [0, 0.1) is 0 Å². The lowest BCUT2D eigenvalue weighted by Crippen LogP contribution is -2.06. The Morgan fingerprint density at radius 1 is 1.44 bits per heavy atom. The molecule has 0 saturated heterocycles. The first-order chi connectivity index (χ1) is 8.70. The Hall–Kier alpha value is -1.66. The van der Waals surface area contributed by atoms with Gasteiger partial charge >= 0.3 is 0 Å². The molecule has 0 bridgehead atoms. The zero-order valence-electron chi connectivity index (χ0n) is 10.0. The molecule has 1 aromatic heterocycles. The number of ether oxygens (including phenoxy) is 1. The average molecular weight is 268 g/mol. The molecule has 0 saturated carbocycles. The van der Waals surface area contributed by atoms with Crippen LogP contribution in [0.4, 0.5) is 0 Å². The molecule has 18 heavy (non-hydrogen) atoms. The number of aryl methyl sites for hydroxylation is 1. The number of halogens is 1. The van der Waals surface area contributed by atoms with Gasteiger partial charge in [0.25, 0.3) is 0 Å². The molecule has 2 rings (SSSR count). The predicted molar refractivity (Wildman–Crippen MR) is 67.3 cm³/mol. The molecular formula is C11H14ClN5O. The van der Waals surface area contributed by atoms with Gasteiger partial charge in [0.2, 0.25) is 5.82 Å². The number of hydrogen-bond acceptors (Lipinski definition) is 5. The molecule has 0 radical (unpaired) electrons. The summed E-state index contributed by atoms with van der Waals surface area (Å²) in [7, 11) is 1.70. The third-order valence-corrected chi connectivity index (χ3v) is 2.66. The molecule has 0 unspecified atom stereocenters. The third-order valence-electron chi connectivity index (χ3n) is 2.36. The number of tetrazole rings is 1. The second-order valence-electron chi connectivity index (χ2n) is 3.75. The number of para-hydroxylation sites is 1. The van der Waals surface area contributed by atoms with Crippen molar-refractivity contribution in [1.82, 2.24) is 20.2 Å². The van der Waals surface area contributed by atoms with Gasteiger partial charge in [-0.25, -0.2) is 0 Å². The van der Waals surface area contributed by atoms with Crippen molar-refractivity contribution in [1.29, 1.82) is 0 Å². The van der Waals surface area contributed by atoms with Crippen LogP contribution in [-0.2, 0) is 20.1 Å². The van der Waals surface area contributed by atoms with E-state index >= 15 is 0 Å². The van der Waals surface area contributed by atoms with Crippen LogP contribution < -0.4 is 10.5 Å². The molecule has 6 nitrogen and oxygen atoms in total. The van der Waals surface area contributed by atoms with E-state index in [1.54, 1.807) is 13.1 Å². The first kappa shape index (κ1) is 12.8. The highest BCUT2D eigenvalue weighted by molar-refractivity contribution is 6.32. The molecule has 0 spiro atoms. The normalized spacial score (nSPS) is 10.6. The Balaban J connectivity index is 2.12. The van der Waals surface area contributed by atoms with E-state index in [-0.39, 0.29) is 6.61 Å². The van der Waals surface area contributed by atoms with Gasteiger partial charge in [0.1, 0.15) is 5.75 Å². The maximum atomic E-state index is 6.11. The molecule has 0 atom stereocenters. The number of aromatic nitrogens is 4. The van der Waals surface area contributed by atoms with Gasteiger partial charge in [0.05, 0.1) is 12.1 Å². The lowest BCUT2D eigenvalue weighted by Gasteiger charge is -2.11. The molecule has 2 N–H and O–H groups in total. The van der Waals surface area contributed by atoms with Gasteiger partial charge in [-0.05, 0) is 29.8 Å². The van der Waals surface area contributed by atoms with E-state index in [1.165, 1.54) is 4.80 Å². The van der Waals surface area contributed by atoms with Crippen molar-refractivity contribution in [2.45, 2.75) is 13.0 Å². The second-order valence-corrected chi connectivity index (χ2v) is 4.16. The van der Waals surface area contributed by atoms with Crippen molar-refractivity contribution >= 4 is 11.6 Å². The average Bonchev–Trinajstić information content (AvgIpc) is 2.75. The summed E-state index contributed by atoms with van der Waals surface area (Å²) in [6.45, 7) is 0.773. The van der Waals surface area contributed by atoms with E-state index in [2.05, 4.69) is 15.4 Å². The number of rotatable bonds is 5. The fourth-order valence-electron chi connectivity index (χ4n) is 1.59. The van der Waals surface area contributed by atoms with Crippen LogP contribution in [0.2, 0.25) is 5.02 Å². The highest BCUT2D eigenvalue weighted by Gasteiger charge is 2.09. The standard InChI is InChI=1S/C11H14ClN5O/c1-17-15-10(14-16-17)7-18-11-8(5-6-13)3-2-4-9(11)12/h2-4H,5-7,13H2,1H3. The number of nitrogens with two attached hydrogens (primary N) is 1. The maximum Gasteiger partial charge on any atom is 0.212 e. The van der Waals surface area contributed by atoms with Gasteiger partial charge in [0, 0.05) is 0 Å². The molecule has 0 aliphatic rings. The van der Waals surface area contributed by atoms with Crippen molar-refractivity contribution < 1.29 is 4.74 Å². The Labute approximate surface area is 110 Å². The molecule has 1 aromatic carbocycles. The van der Waals surface area contributed by atoms with Crippen molar-refractivity contribution in [3.8, 4) is 5.75 Å². The first-order valence-corrected chi connectivity index (χ1v) is 5.91. The summed E-state index contributed by atoms with van der Waals surface area (Å²) in [5.41, 5.74) is 6.53. The van der Waals surface area contributed by atoms with Gasteiger partial charge in [-0.1, -0.05) is 23.7 Å². The summed E-state index contributed by atoms with van der Waals surface area (Å²) in [5, 5.41) is 12.2. The smallest absolute Gasteiger partial charge is 0.212 e. The van der Waals surface area contributed by atoms with E-state index in [0.29, 0.717) is 29.6 Å². The third kappa shape index (κ3) is 2.96. The highest BCUT2D eigenvalue weighted by atomic mass is 35.5. The topological polar surface area (TPSA) is 78.8 Å². The lowest BCUT2D eigenvalue weighted by molar-refractivity contribution is 0.292. The molecule has 7 heteroatoms. The highest BCUT2D eigenvalue weighted by Crippen LogP contribution is 2.29. The lowest BCUT2D eigenvalue weighted by atomic mass is 10.1. The van der Waals surface area contributed by atoms with Crippen LogP contribution >= 0.6 is 11.6 Å². The summed E-state index contributed by atoms with van der Waals surface area (Å²) in [5.74, 6) is 1.15. The van der Waals surface area contributed by atoms with E-state index in [0.717, 1.165) is 5.56 Å². The summed E-state index contributed by atoms with van der Waals surface area (Å²) < 4.78 is 5.65. The zero-order chi connectivity index (χ0) is 13.0. The Morgan fingerprint density at radius 3 is 2.94 bits per heavy atom. The van der Waals surface area contributed by atoms with Crippen molar-refractivity contribution in [3.63, 3.8) is 0 Å². The minimum atomic E-state index is 0.231. The fourth-order valence-corrected chi connectivity index (χ4v) is 1.83. The van der Waals surface area contributed by atoms with Crippen LogP contribution in [0.1, 0.15) is 11.4 Å². The van der Waals surface area contributed by atoms with Gasteiger partial charge in [-0.2, -0.15) is 4.80 Å². The summed E-state index contributed by atoms with van der Waals surface area (Å²) in [4.78, 5) is 1.38.